The number of piperidine rings is 1. The number of ether oxygens (including phenoxy) is 1. The van der Waals surface area contributed by atoms with E-state index in [4.69, 9.17) is 4.74 Å². The Kier molecular flexibility index (Phi) is 3.15. The highest BCUT2D eigenvalue weighted by atomic mass is 16.5. The van der Waals surface area contributed by atoms with Crippen LogP contribution in [0, 0.1) is 5.92 Å². The van der Waals surface area contributed by atoms with Gasteiger partial charge in [0, 0.05) is 5.56 Å². The van der Waals surface area contributed by atoms with Gasteiger partial charge in [-0.15, -0.1) is 0 Å². The van der Waals surface area contributed by atoms with Gasteiger partial charge >= 0.3 is 5.97 Å². The van der Waals surface area contributed by atoms with Crippen molar-refractivity contribution in [3.63, 3.8) is 0 Å². The van der Waals surface area contributed by atoms with E-state index in [0.29, 0.717) is 0 Å². The van der Waals surface area contributed by atoms with Gasteiger partial charge in [-0.25, -0.2) is 0 Å². The van der Waals surface area contributed by atoms with E-state index in [1.807, 2.05) is 36.4 Å². The maximum absolute atomic E-state index is 12.1. The molecule has 0 bridgehead atoms. The van der Waals surface area contributed by atoms with Gasteiger partial charge in [0.05, 0.1) is 5.92 Å². The van der Waals surface area contributed by atoms with E-state index >= 15 is 0 Å². The van der Waals surface area contributed by atoms with Gasteiger partial charge in [-0.05, 0) is 37.6 Å². The number of nitrogens with one attached hydrogen (secondary N) is 1. The molecule has 0 spiro atoms. The fourth-order valence-electron chi connectivity index (χ4n) is 2.60. The monoisotopic (exact) mass is 243 g/mol. The van der Waals surface area contributed by atoms with Crippen molar-refractivity contribution in [1.29, 1.82) is 0 Å². The topological polar surface area (TPSA) is 38.3 Å². The number of hydrogen-bond acceptors (Lipinski definition) is 3. The van der Waals surface area contributed by atoms with Crippen molar-refractivity contribution in [2.45, 2.75) is 18.9 Å². The molecule has 1 fully saturated rings. The first kappa shape index (κ1) is 11.5. The van der Waals surface area contributed by atoms with Crippen LogP contribution in [0.4, 0.5) is 0 Å². The Hall–Kier alpha value is -1.61. The second-order valence-electron chi connectivity index (χ2n) is 4.87. The van der Waals surface area contributed by atoms with E-state index < -0.39 is 0 Å². The Morgan fingerprint density at radius 2 is 2.00 bits per heavy atom. The fourth-order valence-corrected chi connectivity index (χ4v) is 2.60. The lowest BCUT2D eigenvalue weighted by Gasteiger charge is -2.23. The third-order valence-electron chi connectivity index (χ3n) is 3.67. The lowest BCUT2D eigenvalue weighted by atomic mass is 9.98. The standard InChI is InChI=1S/C15H17NO2/c17-15(12-7-9-16-10-8-12)18-14-6-5-11-3-1-2-4-13(11)14/h1-6,12,14,16H,7-10H2. The summed E-state index contributed by atoms with van der Waals surface area (Å²) in [5.41, 5.74) is 2.25. The quantitative estimate of drug-likeness (QED) is 0.810. The molecule has 1 aromatic carbocycles. The summed E-state index contributed by atoms with van der Waals surface area (Å²) in [7, 11) is 0. The van der Waals surface area contributed by atoms with Crippen molar-refractivity contribution >= 4 is 12.0 Å². The number of hydrogen-bond donors (Lipinski definition) is 1. The Balaban J connectivity index is 1.67. The summed E-state index contributed by atoms with van der Waals surface area (Å²) >= 11 is 0. The molecule has 3 heteroatoms. The zero-order valence-electron chi connectivity index (χ0n) is 10.3. The molecule has 1 heterocycles. The molecule has 3 nitrogen and oxygen atoms in total. The molecular formula is C15H17NO2. The van der Waals surface area contributed by atoms with Gasteiger partial charge < -0.3 is 10.1 Å². The Labute approximate surface area is 107 Å². The van der Waals surface area contributed by atoms with Gasteiger partial charge in [0.1, 0.15) is 6.10 Å². The molecule has 1 aliphatic carbocycles. The molecule has 1 aromatic rings. The van der Waals surface area contributed by atoms with E-state index in [2.05, 4.69) is 5.32 Å². The van der Waals surface area contributed by atoms with Gasteiger partial charge in [0.25, 0.3) is 0 Å². The van der Waals surface area contributed by atoms with Crippen molar-refractivity contribution < 1.29 is 9.53 Å². The van der Waals surface area contributed by atoms with Gasteiger partial charge in [-0.1, -0.05) is 30.3 Å². The maximum Gasteiger partial charge on any atom is 0.309 e. The first-order chi connectivity index (χ1) is 8.84. The second kappa shape index (κ2) is 4.94. The summed E-state index contributed by atoms with van der Waals surface area (Å²) in [4.78, 5) is 12.1. The molecule has 1 unspecified atom stereocenters. The molecule has 94 valence electrons. The molecule has 0 saturated carbocycles. The second-order valence-corrected chi connectivity index (χ2v) is 4.87. The first-order valence-electron chi connectivity index (χ1n) is 6.53. The Morgan fingerprint density at radius 1 is 1.22 bits per heavy atom. The number of carbonyl (C=O) groups is 1. The van der Waals surface area contributed by atoms with Crippen molar-refractivity contribution in [2.75, 3.05) is 13.1 Å². The summed E-state index contributed by atoms with van der Waals surface area (Å²) in [5.74, 6) is 0.00950. The lowest BCUT2D eigenvalue weighted by molar-refractivity contribution is -0.153. The van der Waals surface area contributed by atoms with Gasteiger partial charge in [0.15, 0.2) is 0 Å². The van der Waals surface area contributed by atoms with Crippen LogP contribution >= 0.6 is 0 Å². The minimum Gasteiger partial charge on any atom is -0.453 e. The minimum absolute atomic E-state index is 0.0529. The van der Waals surface area contributed by atoms with Crippen LogP contribution in [0.1, 0.15) is 30.1 Å². The number of fused-ring (bicyclic) bond motifs is 1. The van der Waals surface area contributed by atoms with E-state index in [1.54, 1.807) is 0 Å². The van der Waals surface area contributed by atoms with Gasteiger partial charge in [-0.2, -0.15) is 0 Å². The highest BCUT2D eigenvalue weighted by Crippen LogP contribution is 2.31. The molecule has 1 atom stereocenters. The van der Waals surface area contributed by atoms with Crippen molar-refractivity contribution in [1.82, 2.24) is 5.32 Å². The highest BCUT2D eigenvalue weighted by molar-refractivity contribution is 5.74. The van der Waals surface area contributed by atoms with Crippen molar-refractivity contribution in [3.8, 4) is 0 Å². The summed E-state index contributed by atoms with van der Waals surface area (Å²) in [5, 5.41) is 3.26. The zero-order valence-corrected chi connectivity index (χ0v) is 10.3. The lowest BCUT2D eigenvalue weighted by Crippen LogP contribution is -2.33. The van der Waals surface area contributed by atoms with Crippen LogP contribution < -0.4 is 5.32 Å². The Bertz CT molecular complexity index is 475. The third kappa shape index (κ3) is 2.18. The summed E-state index contributed by atoms with van der Waals surface area (Å²) in [6.45, 7) is 1.83. The van der Waals surface area contributed by atoms with Crippen LogP contribution in [0.25, 0.3) is 6.08 Å². The van der Waals surface area contributed by atoms with Crippen LogP contribution in [0.3, 0.4) is 0 Å². The molecule has 1 N–H and O–H groups in total. The van der Waals surface area contributed by atoms with Crippen molar-refractivity contribution in [2.24, 2.45) is 5.92 Å². The van der Waals surface area contributed by atoms with E-state index in [9.17, 15) is 4.79 Å². The van der Waals surface area contributed by atoms with E-state index in [0.717, 1.165) is 37.1 Å². The van der Waals surface area contributed by atoms with Gasteiger partial charge in [-0.3, -0.25) is 4.79 Å². The summed E-state index contributed by atoms with van der Waals surface area (Å²) < 4.78 is 5.62. The van der Waals surface area contributed by atoms with Gasteiger partial charge in [0.2, 0.25) is 0 Å². The van der Waals surface area contributed by atoms with E-state index in [-0.39, 0.29) is 18.0 Å². The molecular weight excluding hydrogens is 226 g/mol. The van der Waals surface area contributed by atoms with Crippen LogP contribution in [0.5, 0.6) is 0 Å². The third-order valence-corrected chi connectivity index (χ3v) is 3.67. The summed E-state index contributed by atoms with van der Waals surface area (Å²) in [6, 6.07) is 8.05. The first-order valence-corrected chi connectivity index (χ1v) is 6.53. The molecule has 0 aromatic heterocycles. The molecule has 3 rings (SSSR count). The van der Waals surface area contributed by atoms with Crippen LogP contribution in [-0.2, 0) is 9.53 Å². The molecule has 0 radical (unpaired) electrons. The fraction of sp³-hybridized carbons (Fsp3) is 0.400. The molecule has 1 aliphatic heterocycles. The minimum atomic E-state index is -0.191. The number of benzene rings is 1. The number of carbonyl (C=O) groups excluding carboxylic acids is 1. The van der Waals surface area contributed by atoms with Crippen LogP contribution in [-0.4, -0.2) is 19.1 Å². The van der Waals surface area contributed by atoms with E-state index in [1.165, 1.54) is 0 Å². The average Bonchev–Trinajstić information content (AvgIpc) is 2.83. The van der Waals surface area contributed by atoms with Crippen LogP contribution in [0.2, 0.25) is 0 Å². The molecule has 18 heavy (non-hydrogen) atoms. The molecule has 2 aliphatic rings. The highest BCUT2D eigenvalue weighted by Gasteiger charge is 2.27. The maximum atomic E-state index is 12.1. The Morgan fingerprint density at radius 3 is 2.83 bits per heavy atom. The number of esters is 1. The summed E-state index contributed by atoms with van der Waals surface area (Å²) in [6.07, 6.45) is 5.57. The van der Waals surface area contributed by atoms with Crippen molar-refractivity contribution in [3.05, 3.63) is 41.5 Å². The van der Waals surface area contributed by atoms with Crippen LogP contribution in [0.15, 0.2) is 30.3 Å². The number of rotatable bonds is 2. The largest absolute Gasteiger partial charge is 0.453 e. The molecule has 0 amide bonds. The predicted molar refractivity (Wildman–Crippen MR) is 69.9 cm³/mol. The predicted octanol–water partition coefficient (Wildman–Crippen LogP) is 2.30. The smallest absolute Gasteiger partial charge is 0.309 e. The SMILES string of the molecule is O=C(OC1C=Cc2ccccc21)C1CCNCC1. The normalized spacial score (nSPS) is 22.8. The zero-order chi connectivity index (χ0) is 12.4. The molecule has 1 saturated heterocycles. The average molecular weight is 243 g/mol.